The standard InChI is InChI=1S/C12H8Br2O3/c1-16-7-2-3-8(9(13)6-7)12(15)10-4-5-11(14)17-10/h2-6H,1H3. The lowest BCUT2D eigenvalue weighted by Gasteiger charge is -2.04. The molecule has 0 unspecified atom stereocenters. The summed E-state index contributed by atoms with van der Waals surface area (Å²) in [5.74, 6) is 0.807. The van der Waals surface area contributed by atoms with Crippen LogP contribution in [-0.4, -0.2) is 12.9 Å². The zero-order valence-electron chi connectivity index (χ0n) is 8.87. The number of carbonyl (C=O) groups is 1. The Bertz CT molecular complexity index is 561. The first kappa shape index (κ1) is 12.4. The zero-order chi connectivity index (χ0) is 12.4. The van der Waals surface area contributed by atoms with E-state index < -0.39 is 0 Å². The van der Waals surface area contributed by atoms with Gasteiger partial charge < -0.3 is 9.15 Å². The van der Waals surface area contributed by atoms with Crippen LogP contribution in [0.25, 0.3) is 0 Å². The molecular formula is C12H8Br2O3. The molecule has 0 aliphatic carbocycles. The van der Waals surface area contributed by atoms with Crippen LogP contribution in [0, 0.1) is 0 Å². The van der Waals surface area contributed by atoms with Crippen molar-refractivity contribution in [3.05, 3.63) is 50.8 Å². The number of hydrogen-bond acceptors (Lipinski definition) is 3. The third-order valence-corrected chi connectivity index (χ3v) is 3.30. The molecule has 17 heavy (non-hydrogen) atoms. The minimum absolute atomic E-state index is 0.176. The Morgan fingerprint density at radius 2 is 2.00 bits per heavy atom. The van der Waals surface area contributed by atoms with E-state index in [9.17, 15) is 4.79 Å². The summed E-state index contributed by atoms with van der Waals surface area (Å²) in [6, 6.07) is 8.48. The summed E-state index contributed by atoms with van der Waals surface area (Å²) in [6.45, 7) is 0. The summed E-state index contributed by atoms with van der Waals surface area (Å²) in [5, 5.41) is 0. The fourth-order valence-electron chi connectivity index (χ4n) is 1.38. The number of rotatable bonds is 3. The van der Waals surface area contributed by atoms with E-state index >= 15 is 0 Å². The molecule has 0 spiro atoms. The molecule has 5 heteroatoms. The number of carbonyl (C=O) groups excluding carboxylic acids is 1. The number of furan rings is 1. The van der Waals surface area contributed by atoms with Crippen molar-refractivity contribution in [2.45, 2.75) is 0 Å². The largest absolute Gasteiger partial charge is 0.497 e. The molecule has 0 N–H and O–H groups in total. The van der Waals surface area contributed by atoms with Gasteiger partial charge in [0.15, 0.2) is 10.4 Å². The van der Waals surface area contributed by atoms with Crippen molar-refractivity contribution in [2.24, 2.45) is 0 Å². The molecule has 0 bridgehead atoms. The second-order valence-electron chi connectivity index (χ2n) is 3.28. The molecule has 2 aromatic rings. The van der Waals surface area contributed by atoms with Crippen LogP contribution in [0.2, 0.25) is 0 Å². The van der Waals surface area contributed by atoms with Crippen molar-refractivity contribution in [1.29, 1.82) is 0 Å². The summed E-state index contributed by atoms with van der Waals surface area (Å²) >= 11 is 6.50. The molecule has 0 radical (unpaired) electrons. The molecule has 1 aromatic carbocycles. The molecule has 3 nitrogen and oxygen atoms in total. The van der Waals surface area contributed by atoms with Gasteiger partial charge in [-0.15, -0.1) is 0 Å². The van der Waals surface area contributed by atoms with Gasteiger partial charge in [-0.1, -0.05) is 0 Å². The van der Waals surface area contributed by atoms with Gasteiger partial charge in [0.05, 0.1) is 7.11 Å². The van der Waals surface area contributed by atoms with E-state index in [2.05, 4.69) is 31.9 Å². The molecule has 88 valence electrons. The van der Waals surface area contributed by atoms with Gasteiger partial charge in [-0.2, -0.15) is 0 Å². The molecule has 0 amide bonds. The van der Waals surface area contributed by atoms with E-state index in [1.807, 2.05) is 0 Å². The van der Waals surface area contributed by atoms with Crippen molar-refractivity contribution < 1.29 is 13.9 Å². The fraction of sp³-hybridized carbons (Fsp3) is 0.0833. The molecule has 1 aromatic heterocycles. The SMILES string of the molecule is COc1ccc(C(=O)c2ccc(Br)o2)c(Br)c1. The second kappa shape index (κ2) is 5.06. The van der Waals surface area contributed by atoms with Crippen molar-refractivity contribution in [3.63, 3.8) is 0 Å². The van der Waals surface area contributed by atoms with Gasteiger partial charge in [0.25, 0.3) is 0 Å². The van der Waals surface area contributed by atoms with Crippen LogP contribution in [-0.2, 0) is 0 Å². The van der Waals surface area contributed by atoms with Crippen LogP contribution in [0.1, 0.15) is 16.1 Å². The Hall–Kier alpha value is -1.07. The molecule has 0 fully saturated rings. The highest BCUT2D eigenvalue weighted by Crippen LogP contribution is 2.26. The summed E-state index contributed by atoms with van der Waals surface area (Å²) < 4.78 is 11.5. The monoisotopic (exact) mass is 358 g/mol. The fourth-order valence-corrected chi connectivity index (χ4v) is 2.22. The lowest BCUT2D eigenvalue weighted by atomic mass is 10.1. The average Bonchev–Trinajstić information content (AvgIpc) is 2.75. The van der Waals surface area contributed by atoms with Gasteiger partial charge in [0, 0.05) is 10.0 Å². The topological polar surface area (TPSA) is 39.4 Å². The average molecular weight is 360 g/mol. The van der Waals surface area contributed by atoms with Crippen LogP contribution < -0.4 is 4.74 Å². The first-order valence-electron chi connectivity index (χ1n) is 4.75. The predicted octanol–water partition coefficient (Wildman–Crippen LogP) is 4.04. The normalized spacial score (nSPS) is 10.3. The highest BCUT2D eigenvalue weighted by atomic mass is 79.9. The Labute approximate surface area is 115 Å². The minimum Gasteiger partial charge on any atom is -0.497 e. The van der Waals surface area contributed by atoms with Gasteiger partial charge in [-0.3, -0.25) is 4.79 Å². The summed E-state index contributed by atoms with van der Waals surface area (Å²) in [6.07, 6.45) is 0. The van der Waals surface area contributed by atoms with E-state index in [0.29, 0.717) is 26.2 Å². The molecule has 0 saturated heterocycles. The lowest BCUT2D eigenvalue weighted by Crippen LogP contribution is -2.00. The van der Waals surface area contributed by atoms with Crippen molar-refractivity contribution in [1.82, 2.24) is 0 Å². The van der Waals surface area contributed by atoms with Crippen LogP contribution in [0.3, 0.4) is 0 Å². The van der Waals surface area contributed by atoms with E-state index in [-0.39, 0.29) is 5.78 Å². The maximum absolute atomic E-state index is 12.1. The Morgan fingerprint density at radius 1 is 1.24 bits per heavy atom. The zero-order valence-corrected chi connectivity index (χ0v) is 12.0. The second-order valence-corrected chi connectivity index (χ2v) is 4.91. The summed E-state index contributed by atoms with van der Waals surface area (Å²) in [5.41, 5.74) is 0.535. The molecule has 0 aliphatic heterocycles. The molecule has 0 aliphatic rings. The van der Waals surface area contributed by atoms with E-state index in [1.54, 1.807) is 37.4 Å². The Balaban J connectivity index is 2.37. The van der Waals surface area contributed by atoms with E-state index in [0.717, 1.165) is 0 Å². The third kappa shape index (κ3) is 2.61. The number of ketones is 1. The first-order valence-corrected chi connectivity index (χ1v) is 6.34. The lowest BCUT2D eigenvalue weighted by molar-refractivity contribution is 0.101. The summed E-state index contributed by atoms with van der Waals surface area (Å²) in [7, 11) is 1.58. The van der Waals surface area contributed by atoms with Crippen LogP contribution in [0.4, 0.5) is 0 Å². The maximum atomic E-state index is 12.1. The number of benzene rings is 1. The van der Waals surface area contributed by atoms with Crippen LogP contribution >= 0.6 is 31.9 Å². The highest BCUT2D eigenvalue weighted by molar-refractivity contribution is 9.10. The highest BCUT2D eigenvalue weighted by Gasteiger charge is 2.16. The molecule has 0 saturated carbocycles. The number of ether oxygens (including phenoxy) is 1. The third-order valence-electron chi connectivity index (χ3n) is 2.22. The quantitative estimate of drug-likeness (QED) is 0.776. The minimum atomic E-state index is -0.176. The van der Waals surface area contributed by atoms with Gasteiger partial charge in [-0.25, -0.2) is 0 Å². The molecular weight excluding hydrogens is 352 g/mol. The van der Waals surface area contributed by atoms with E-state index in [1.165, 1.54) is 0 Å². The van der Waals surface area contributed by atoms with Crippen LogP contribution in [0.15, 0.2) is 43.9 Å². The summed E-state index contributed by atoms with van der Waals surface area (Å²) in [4.78, 5) is 12.1. The van der Waals surface area contributed by atoms with Crippen LogP contribution in [0.5, 0.6) is 5.75 Å². The van der Waals surface area contributed by atoms with Crippen molar-refractivity contribution in [3.8, 4) is 5.75 Å². The number of hydrogen-bond donors (Lipinski definition) is 0. The van der Waals surface area contributed by atoms with Crippen molar-refractivity contribution >= 4 is 37.6 Å². The Morgan fingerprint density at radius 3 is 2.53 bits per heavy atom. The molecule has 0 atom stereocenters. The maximum Gasteiger partial charge on any atom is 0.229 e. The Kier molecular flexibility index (Phi) is 3.69. The van der Waals surface area contributed by atoms with Gasteiger partial charge in [-0.05, 0) is 62.2 Å². The van der Waals surface area contributed by atoms with E-state index in [4.69, 9.17) is 9.15 Å². The van der Waals surface area contributed by atoms with Crippen molar-refractivity contribution in [2.75, 3.05) is 7.11 Å². The predicted molar refractivity (Wildman–Crippen MR) is 70.5 cm³/mol. The smallest absolute Gasteiger partial charge is 0.229 e. The number of methoxy groups -OCH3 is 1. The van der Waals surface area contributed by atoms with Gasteiger partial charge in [0.1, 0.15) is 5.75 Å². The molecule has 1 heterocycles. The van der Waals surface area contributed by atoms with Gasteiger partial charge in [0.2, 0.25) is 5.78 Å². The number of halogens is 2. The van der Waals surface area contributed by atoms with Gasteiger partial charge >= 0.3 is 0 Å². The first-order chi connectivity index (χ1) is 8.11. The molecule has 2 rings (SSSR count).